The van der Waals surface area contributed by atoms with Crippen molar-refractivity contribution in [2.75, 3.05) is 26.0 Å². The Bertz CT molecular complexity index is 404. The molecule has 3 nitrogen and oxygen atoms in total. The van der Waals surface area contributed by atoms with Gasteiger partial charge >= 0.3 is 0 Å². The minimum absolute atomic E-state index is 0.261. The van der Waals surface area contributed by atoms with E-state index < -0.39 is 10.8 Å². The average Bonchev–Trinajstić information content (AvgIpc) is 2.90. The fourth-order valence-electron chi connectivity index (χ4n) is 2.17. The van der Waals surface area contributed by atoms with Gasteiger partial charge in [0.05, 0.1) is 17.4 Å². The smallest absolute Gasteiger partial charge is 0.0545 e. The van der Waals surface area contributed by atoms with E-state index in [-0.39, 0.29) is 6.04 Å². The molecule has 1 saturated heterocycles. The van der Waals surface area contributed by atoms with E-state index in [0.717, 1.165) is 29.0 Å². The van der Waals surface area contributed by atoms with Crippen molar-refractivity contribution in [2.24, 2.45) is 5.92 Å². The van der Waals surface area contributed by atoms with Gasteiger partial charge in [0.25, 0.3) is 0 Å². The van der Waals surface area contributed by atoms with Gasteiger partial charge in [-0.2, -0.15) is 0 Å². The molecular weight excluding hydrogens is 314 g/mol. The van der Waals surface area contributed by atoms with E-state index in [0.29, 0.717) is 11.7 Å². The highest BCUT2D eigenvalue weighted by Crippen LogP contribution is 2.20. The third-order valence-electron chi connectivity index (χ3n) is 3.31. The number of halogens is 1. The van der Waals surface area contributed by atoms with Crippen molar-refractivity contribution in [3.63, 3.8) is 0 Å². The largest absolute Gasteiger partial charge is 0.381 e. The summed E-state index contributed by atoms with van der Waals surface area (Å²) in [6.07, 6.45) is 1.06. The first-order chi connectivity index (χ1) is 8.70. The molecule has 0 spiro atoms. The molecule has 3 atom stereocenters. The lowest BCUT2D eigenvalue weighted by Crippen LogP contribution is -2.38. The molecule has 0 amide bonds. The molecule has 3 unspecified atom stereocenters. The normalized spacial score (nSPS) is 22.9. The Kier molecular flexibility index (Phi) is 5.36. The van der Waals surface area contributed by atoms with Gasteiger partial charge in [-0.25, -0.2) is 0 Å². The Balaban J connectivity index is 1.98. The molecule has 1 aromatic rings. The maximum Gasteiger partial charge on any atom is 0.0545 e. The topological polar surface area (TPSA) is 38.3 Å². The number of benzene rings is 1. The van der Waals surface area contributed by atoms with E-state index in [1.54, 1.807) is 0 Å². The number of hydrogen-bond donors (Lipinski definition) is 1. The second-order valence-corrected chi connectivity index (χ2v) is 6.90. The van der Waals surface area contributed by atoms with Crippen molar-refractivity contribution in [1.82, 2.24) is 5.32 Å². The fourth-order valence-corrected chi connectivity index (χ4v) is 3.83. The molecule has 1 N–H and O–H groups in total. The number of ether oxygens (including phenoxy) is 1. The average molecular weight is 332 g/mol. The van der Waals surface area contributed by atoms with Crippen molar-refractivity contribution < 1.29 is 8.95 Å². The first kappa shape index (κ1) is 14.2. The summed E-state index contributed by atoms with van der Waals surface area (Å²) in [5.74, 6) is 1.13. The Morgan fingerprint density at radius 3 is 2.78 bits per heavy atom. The zero-order valence-electron chi connectivity index (χ0n) is 10.4. The molecule has 0 saturated carbocycles. The molecule has 0 aromatic heterocycles. The molecule has 1 heterocycles. The maximum absolute atomic E-state index is 12.3. The van der Waals surface area contributed by atoms with Crippen molar-refractivity contribution >= 4 is 26.7 Å². The van der Waals surface area contributed by atoms with Gasteiger partial charge in [0.15, 0.2) is 0 Å². The van der Waals surface area contributed by atoms with Crippen LogP contribution in [-0.2, 0) is 15.5 Å². The van der Waals surface area contributed by atoms with E-state index in [4.69, 9.17) is 4.74 Å². The van der Waals surface area contributed by atoms with Gasteiger partial charge in [-0.15, -0.1) is 0 Å². The van der Waals surface area contributed by atoms with E-state index >= 15 is 0 Å². The van der Waals surface area contributed by atoms with Gasteiger partial charge in [0, 0.05) is 33.7 Å². The molecule has 100 valence electrons. The molecule has 0 radical (unpaired) electrons. The number of rotatable bonds is 5. The number of nitrogens with one attached hydrogen (secondary N) is 1. The van der Waals surface area contributed by atoms with Gasteiger partial charge in [-0.1, -0.05) is 15.9 Å². The van der Waals surface area contributed by atoms with Crippen LogP contribution in [0.5, 0.6) is 0 Å². The SMILES string of the molecule is CNC(CS(=O)c1ccc(Br)cc1)C1CCOC1. The third kappa shape index (κ3) is 3.63. The first-order valence-electron chi connectivity index (χ1n) is 6.09. The van der Waals surface area contributed by atoms with Crippen LogP contribution in [0.15, 0.2) is 33.6 Å². The third-order valence-corrected chi connectivity index (χ3v) is 5.30. The molecule has 1 aromatic carbocycles. The van der Waals surface area contributed by atoms with Gasteiger partial charge < -0.3 is 10.1 Å². The van der Waals surface area contributed by atoms with Crippen LogP contribution in [0.2, 0.25) is 0 Å². The minimum Gasteiger partial charge on any atom is -0.381 e. The van der Waals surface area contributed by atoms with Crippen molar-refractivity contribution in [1.29, 1.82) is 0 Å². The molecule has 1 aliphatic heterocycles. The van der Waals surface area contributed by atoms with Crippen molar-refractivity contribution in [2.45, 2.75) is 17.4 Å². The molecule has 0 bridgehead atoms. The summed E-state index contributed by atoms with van der Waals surface area (Å²) in [4.78, 5) is 0.886. The molecular formula is C13H18BrNO2S. The maximum atomic E-state index is 12.3. The minimum atomic E-state index is -0.957. The highest BCUT2D eigenvalue weighted by molar-refractivity contribution is 9.10. The molecule has 5 heteroatoms. The summed E-state index contributed by atoms with van der Waals surface area (Å²) >= 11 is 3.39. The van der Waals surface area contributed by atoms with E-state index in [2.05, 4.69) is 21.2 Å². The van der Waals surface area contributed by atoms with Gasteiger partial charge in [-0.05, 0) is 37.7 Å². The lowest BCUT2D eigenvalue weighted by atomic mass is 10.0. The first-order valence-corrected chi connectivity index (χ1v) is 8.21. The molecule has 2 rings (SSSR count). The zero-order chi connectivity index (χ0) is 13.0. The monoisotopic (exact) mass is 331 g/mol. The van der Waals surface area contributed by atoms with Gasteiger partial charge in [-0.3, -0.25) is 4.21 Å². The van der Waals surface area contributed by atoms with Crippen LogP contribution < -0.4 is 5.32 Å². The summed E-state index contributed by atoms with van der Waals surface area (Å²) in [7, 11) is 0.976. The second-order valence-electron chi connectivity index (χ2n) is 4.48. The lowest BCUT2D eigenvalue weighted by molar-refractivity contribution is 0.179. The molecule has 18 heavy (non-hydrogen) atoms. The van der Waals surface area contributed by atoms with E-state index in [9.17, 15) is 4.21 Å². The quantitative estimate of drug-likeness (QED) is 0.898. The highest BCUT2D eigenvalue weighted by atomic mass is 79.9. The Hall–Kier alpha value is -0.230. The summed E-state index contributed by atoms with van der Waals surface area (Å²) < 4.78 is 18.7. The zero-order valence-corrected chi connectivity index (χ0v) is 12.8. The van der Waals surface area contributed by atoms with Crippen LogP contribution in [-0.4, -0.2) is 36.3 Å². The van der Waals surface area contributed by atoms with E-state index in [1.165, 1.54) is 0 Å². The lowest BCUT2D eigenvalue weighted by Gasteiger charge is -2.21. The van der Waals surface area contributed by atoms with Crippen LogP contribution in [0.25, 0.3) is 0 Å². The Morgan fingerprint density at radius 1 is 1.50 bits per heavy atom. The molecule has 0 aliphatic carbocycles. The summed E-state index contributed by atoms with van der Waals surface area (Å²) in [6, 6.07) is 7.95. The van der Waals surface area contributed by atoms with Crippen molar-refractivity contribution in [3.8, 4) is 0 Å². The number of hydrogen-bond acceptors (Lipinski definition) is 3. The summed E-state index contributed by atoms with van der Waals surface area (Å²) in [5.41, 5.74) is 0. The Morgan fingerprint density at radius 2 is 2.22 bits per heavy atom. The molecule has 1 fully saturated rings. The van der Waals surface area contributed by atoms with Crippen LogP contribution in [0, 0.1) is 5.92 Å². The predicted molar refractivity (Wildman–Crippen MR) is 77.2 cm³/mol. The van der Waals surface area contributed by atoms with Crippen LogP contribution in [0.4, 0.5) is 0 Å². The standard InChI is InChI=1S/C13H18BrNO2S/c1-15-13(10-6-7-17-8-10)9-18(16)12-4-2-11(14)3-5-12/h2-5,10,13,15H,6-9H2,1H3. The van der Waals surface area contributed by atoms with E-state index in [1.807, 2.05) is 31.3 Å². The van der Waals surface area contributed by atoms with Gasteiger partial charge in [0.2, 0.25) is 0 Å². The summed E-state index contributed by atoms with van der Waals surface area (Å²) in [5, 5.41) is 3.27. The van der Waals surface area contributed by atoms with Crippen LogP contribution in [0.3, 0.4) is 0 Å². The van der Waals surface area contributed by atoms with Crippen molar-refractivity contribution in [3.05, 3.63) is 28.7 Å². The van der Waals surface area contributed by atoms with Crippen LogP contribution >= 0.6 is 15.9 Å². The molecule has 1 aliphatic rings. The fraction of sp³-hybridized carbons (Fsp3) is 0.538. The second kappa shape index (κ2) is 6.80. The highest BCUT2D eigenvalue weighted by Gasteiger charge is 2.26. The van der Waals surface area contributed by atoms with Gasteiger partial charge in [0.1, 0.15) is 0 Å². The van der Waals surface area contributed by atoms with Crippen LogP contribution in [0.1, 0.15) is 6.42 Å². The Labute approximate surface area is 119 Å². The summed E-state index contributed by atoms with van der Waals surface area (Å²) in [6.45, 7) is 1.61. The predicted octanol–water partition coefficient (Wildman–Crippen LogP) is 2.18.